The minimum Gasteiger partial charge on any atom is -0.166 e. The molecule has 66 valence electrons. The third-order valence-corrected chi connectivity index (χ3v) is 1.25. The molecule has 1 aromatic carbocycles. The Balaban J connectivity index is 3.89. The van der Waals surface area contributed by atoms with Gasteiger partial charge in [0.1, 0.15) is 0 Å². The Bertz CT molecular complexity index is 448. The quantitative estimate of drug-likeness (QED) is 0.600. The lowest BCUT2D eigenvalue weighted by Crippen LogP contribution is -2.06. The fourth-order valence-electron chi connectivity index (χ4n) is 0.596. The van der Waals surface area contributed by atoms with Crippen molar-refractivity contribution in [3.63, 3.8) is 0 Å². The molecule has 0 aliphatic heterocycles. The van der Waals surface area contributed by atoms with Gasteiger partial charge in [-0.15, -0.1) is 0 Å². The first-order valence-corrected chi connectivity index (χ1v) is 3.13. The highest BCUT2D eigenvalue weighted by Crippen LogP contribution is 2.32. The van der Waals surface area contributed by atoms with E-state index in [-0.39, 0.29) is 0 Å². The summed E-state index contributed by atoms with van der Waals surface area (Å²) in [5.41, 5.74) is -3.15. The molecule has 0 atom stereocenters. The highest BCUT2D eigenvalue weighted by atomic mass is 35.5. The molecule has 0 aliphatic carbocycles. The van der Waals surface area contributed by atoms with Gasteiger partial charge >= 0.3 is 6.18 Å². The normalized spacial score (nSPS) is 20.0. The third-order valence-electron chi connectivity index (χ3n) is 1.07. The molecule has 0 aliphatic rings. The fourth-order valence-corrected chi connectivity index (χ4v) is 0.738. The zero-order valence-electron chi connectivity index (χ0n) is 11.5. The van der Waals surface area contributed by atoms with Gasteiger partial charge in [-0.25, -0.2) is 0 Å². The van der Waals surface area contributed by atoms with E-state index >= 15 is 0 Å². The maximum atomic E-state index is 12.8. The van der Waals surface area contributed by atoms with Crippen molar-refractivity contribution in [1.82, 2.24) is 0 Å². The lowest BCUT2D eigenvalue weighted by Gasteiger charge is -2.09. The van der Waals surface area contributed by atoms with E-state index in [1.807, 2.05) is 0 Å². The standard InChI is InChI=1S/C8H6ClF3/c1-5-4-6(9)2-3-7(5)8(10,11)12/h2-4H,1H3/i1D3,2D,3D,4D. The van der Waals surface area contributed by atoms with Crippen LogP contribution in [0.1, 0.15) is 19.4 Å². The van der Waals surface area contributed by atoms with Crippen LogP contribution in [0, 0.1) is 6.85 Å². The van der Waals surface area contributed by atoms with Crippen LogP contribution in [0.25, 0.3) is 0 Å². The van der Waals surface area contributed by atoms with Crippen molar-refractivity contribution in [3.8, 4) is 0 Å². The van der Waals surface area contributed by atoms with Gasteiger partial charge in [-0.2, -0.15) is 13.2 Å². The summed E-state index contributed by atoms with van der Waals surface area (Å²) >= 11 is 5.40. The number of rotatable bonds is 0. The van der Waals surface area contributed by atoms with Crippen LogP contribution in [-0.2, 0) is 6.18 Å². The number of hydrogen-bond acceptors (Lipinski definition) is 0. The maximum Gasteiger partial charge on any atom is 0.416 e. The first kappa shape index (κ1) is 4.01. The van der Waals surface area contributed by atoms with Crippen LogP contribution in [0.3, 0.4) is 0 Å². The van der Waals surface area contributed by atoms with Gasteiger partial charge in [-0.3, -0.25) is 0 Å². The Morgan fingerprint density at radius 1 is 1.50 bits per heavy atom. The van der Waals surface area contributed by atoms with Gasteiger partial charge in [0.25, 0.3) is 0 Å². The summed E-state index contributed by atoms with van der Waals surface area (Å²) in [4.78, 5) is 0. The molecule has 0 saturated carbocycles. The molecule has 0 nitrogen and oxygen atoms in total. The first-order valence-electron chi connectivity index (χ1n) is 5.76. The largest absolute Gasteiger partial charge is 0.416 e. The number of hydrogen-bond donors (Lipinski definition) is 0. The van der Waals surface area contributed by atoms with Crippen LogP contribution in [0.4, 0.5) is 13.2 Å². The van der Waals surface area contributed by atoms with Crippen molar-refractivity contribution < 1.29 is 21.4 Å². The topological polar surface area (TPSA) is 0 Å². The van der Waals surface area contributed by atoms with Crippen LogP contribution in [0.5, 0.6) is 0 Å². The molecular formula is C8H6ClF3. The Hall–Kier alpha value is -0.700. The van der Waals surface area contributed by atoms with Crippen LogP contribution >= 0.6 is 11.6 Å². The highest BCUT2D eigenvalue weighted by Gasteiger charge is 2.31. The molecule has 12 heavy (non-hydrogen) atoms. The van der Waals surface area contributed by atoms with E-state index < -0.39 is 47.3 Å². The van der Waals surface area contributed by atoms with Gasteiger partial charge in [0.2, 0.25) is 0 Å². The molecule has 1 aromatic rings. The molecule has 0 aromatic heterocycles. The van der Waals surface area contributed by atoms with Gasteiger partial charge in [0.05, 0.1) is 9.68 Å². The number of halogens is 4. The molecule has 4 heteroatoms. The van der Waals surface area contributed by atoms with E-state index in [9.17, 15) is 13.2 Å². The molecule has 0 N–H and O–H groups in total. The summed E-state index contributed by atoms with van der Waals surface area (Å²) in [6.45, 7) is -3.24. The van der Waals surface area contributed by atoms with Crippen molar-refractivity contribution in [2.24, 2.45) is 0 Å². The molecule has 0 radical (unpaired) electrons. The summed E-state index contributed by atoms with van der Waals surface area (Å²) in [6, 6.07) is -3.44. The van der Waals surface area contributed by atoms with Crippen LogP contribution in [0.15, 0.2) is 18.1 Å². The minimum absolute atomic E-state index is 0.779. The van der Waals surface area contributed by atoms with Crippen LogP contribution in [-0.4, -0.2) is 0 Å². The fraction of sp³-hybridized carbons (Fsp3) is 0.250. The summed E-state index contributed by atoms with van der Waals surface area (Å²) < 4.78 is 81.0. The van der Waals surface area contributed by atoms with E-state index in [0.29, 0.717) is 0 Å². The van der Waals surface area contributed by atoms with E-state index in [1.165, 1.54) is 0 Å². The van der Waals surface area contributed by atoms with Crippen molar-refractivity contribution in [3.05, 3.63) is 34.3 Å². The molecule has 0 spiro atoms. The Morgan fingerprint density at radius 3 is 2.67 bits per heavy atom. The smallest absolute Gasteiger partial charge is 0.166 e. The molecule has 0 unspecified atom stereocenters. The zero-order valence-corrected chi connectivity index (χ0v) is 6.27. The molecule has 1 rings (SSSR count). The Labute approximate surface area is 81.4 Å². The number of alkyl halides is 3. The molecule has 0 saturated heterocycles. The minimum atomic E-state index is -5.14. The van der Waals surface area contributed by atoms with Crippen LogP contribution in [0.2, 0.25) is 5.02 Å². The Morgan fingerprint density at radius 2 is 2.17 bits per heavy atom. The van der Waals surface area contributed by atoms with Gasteiger partial charge in [-0.05, 0) is 30.5 Å². The second kappa shape index (κ2) is 2.98. The average Bonchev–Trinajstić information content (AvgIpc) is 2.16. The van der Waals surface area contributed by atoms with Gasteiger partial charge in [0, 0.05) is 9.13 Å². The van der Waals surface area contributed by atoms with E-state index in [1.54, 1.807) is 0 Å². The van der Waals surface area contributed by atoms with Gasteiger partial charge in [-0.1, -0.05) is 11.6 Å². The van der Waals surface area contributed by atoms with Crippen molar-refractivity contribution in [2.45, 2.75) is 13.0 Å². The molecule has 0 amide bonds. The summed E-state index contributed by atoms with van der Waals surface area (Å²) in [6.07, 6.45) is -5.14. The first-order chi connectivity index (χ1) is 7.89. The van der Waals surface area contributed by atoms with E-state index in [0.717, 1.165) is 0 Å². The third kappa shape index (κ3) is 1.91. The second-order valence-corrected chi connectivity index (χ2v) is 2.31. The Kier molecular flexibility index (Phi) is 0.994. The predicted molar refractivity (Wildman–Crippen MR) is 41.2 cm³/mol. The lowest BCUT2D eigenvalue weighted by molar-refractivity contribution is -0.138. The van der Waals surface area contributed by atoms with Gasteiger partial charge < -0.3 is 0 Å². The number of benzene rings is 1. The van der Waals surface area contributed by atoms with E-state index in [4.69, 9.17) is 19.8 Å². The summed E-state index contributed by atoms with van der Waals surface area (Å²) in [5.74, 6) is 0. The monoisotopic (exact) mass is 200 g/mol. The summed E-state index contributed by atoms with van der Waals surface area (Å²) in [5, 5.41) is -0.779. The molecule has 0 fully saturated rings. The van der Waals surface area contributed by atoms with Crippen molar-refractivity contribution in [2.75, 3.05) is 0 Å². The SMILES string of the molecule is [2H]c1c([2H])c(C(F)(F)F)c(C([2H])([2H])[2H])c([2H])c1Cl. The average molecular weight is 201 g/mol. The predicted octanol–water partition coefficient (Wildman–Crippen LogP) is 3.67. The lowest BCUT2D eigenvalue weighted by atomic mass is 10.1. The van der Waals surface area contributed by atoms with Crippen molar-refractivity contribution in [1.29, 1.82) is 0 Å². The highest BCUT2D eigenvalue weighted by molar-refractivity contribution is 6.30. The van der Waals surface area contributed by atoms with Crippen molar-refractivity contribution >= 4 is 11.6 Å². The van der Waals surface area contributed by atoms with Gasteiger partial charge in [0.15, 0.2) is 0 Å². The second-order valence-electron chi connectivity index (χ2n) is 1.94. The molecule has 0 heterocycles. The molecular weight excluding hydrogens is 189 g/mol. The molecule has 0 bridgehead atoms. The zero-order chi connectivity index (χ0) is 14.5. The van der Waals surface area contributed by atoms with E-state index in [2.05, 4.69) is 0 Å². The summed E-state index contributed by atoms with van der Waals surface area (Å²) in [7, 11) is 0. The maximum absolute atomic E-state index is 12.8. The van der Waals surface area contributed by atoms with Crippen LogP contribution < -0.4 is 0 Å².